The summed E-state index contributed by atoms with van der Waals surface area (Å²) in [5.41, 5.74) is 4.41. The minimum atomic E-state index is -1.24. The number of oxime groups is 1. The van der Waals surface area contributed by atoms with E-state index in [1.807, 2.05) is 0 Å². The summed E-state index contributed by atoms with van der Waals surface area (Å²) in [7, 11) is 0. The topological polar surface area (TPSA) is 87.7 Å². The maximum atomic E-state index is 13.1. The summed E-state index contributed by atoms with van der Waals surface area (Å²) >= 11 is 8.94. The molecule has 0 saturated heterocycles. The van der Waals surface area contributed by atoms with Crippen LogP contribution in [0.5, 0.6) is 0 Å². The molecule has 1 rings (SSSR count). The third-order valence-electron chi connectivity index (χ3n) is 2.56. The lowest BCUT2D eigenvalue weighted by Gasteiger charge is -2.22. The molecular weight excluding hydrogens is 340 g/mol. The van der Waals surface area contributed by atoms with Gasteiger partial charge in [0.2, 0.25) is 5.91 Å². The average Bonchev–Trinajstić information content (AvgIpc) is 2.31. The van der Waals surface area contributed by atoms with Crippen LogP contribution in [0.25, 0.3) is 0 Å². The molecule has 0 radical (unpaired) electrons. The van der Waals surface area contributed by atoms with Gasteiger partial charge in [-0.1, -0.05) is 16.8 Å². The van der Waals surface area contributed by atoms with Gasteiger partial charge in [-0.05, 0) is 41.9 Å². The molecule has 0 unspecified atom stereocenters. The van der Waals surface area contributed by atoms with Crippen LogP contribution in [0, 0.1) is 11.2 Å². The first kappa shape index (κ1) is 15.7. The molecule has 0 spiro atoms. The summed E-state index contributed by atoms with van der Waals surface area (Å²) < 4.78 is 13.4. The number of amidine groups is 1. The molecule has 5 nitrogen and oxygen atoms in total. The molecule has 0 aliphatic carbocycles. The Kier molecular flexibility index (Phi) is 4.75. The third-order valence-corrected chi connectivity index (χ3v) is 3.48. The van der Waals surface area contributed by atoms with E-state index in [9.17, 15) is 9.18 Å². The fourth-order valence-electron chi connectivity index (χ4n) is 1.17. The second kappa shape index (κ2) is 5.75. The average molecular weight is 353 g/mol. The van der Waals surface area contributed by atoms with Gasteiger partial charge in [-0.3, -0.25) is 4.79 Å². The predicted molar refractivity (Wildman–Crippen MR) is 74.9 cm³/mol. The van der Waals surface area contributed by atoms with Gasteiger partial charge in [0.25, 0.3) is 0 Å². The highest BCUT2D eigenvalue weighted by atomic mass is 79.9. The van der Waals surface area contributed by atoms with Crippen LogP contribution in [0.15, 0.2) is 21.8 Å². The highest BCUT2D eigenvalue weighted by Crippen LogP contribution is 2.33. The molecule has 0 aromatic heterocycles. The second-order valence-electron chi connectivity index (χ2n) is 4.31. The molecule has 0 aliphatic heterocycles. The predicted octanol–water partition coefficient (Wildman–Crippen LogP) is 2.95. The van der Waals surface area contributed by atoms with E-state index in [4.69, 9.17) is 22.5 Å². The Hall–Kier alpha value is -1.34. The zero-order chi connectivity index (χ0) is 14.8. The number of amides is 1. The van der Waals surface area contributed by atoms with Crippen molar-refractivity contribution in [2.24, 2.45) is 16.3 Å². The van der Waals surface area contributed by atoms with E-state index in [1.165, 1.54) is 13.8 Å². The lowest BCUT2D eigenvalue weighted by Crippen LogP contribution is -2.42. The second-order valence-corrected chi connectivity index (χ2v) is 5.57. The molecule has 8 heteroatoms. The van der Waals surface area contributed by atoms with Crippen molar-refractivity contribution in [3.63, 3.8) is 0 Å². The first-order valence-corrected chi connectivity index (χ1v) is 6.31. The smallest absolute Gasteiger partial charge is 0.237 e. The van der Waals surface area contributed by atoms with Crippen LogP contribution in [0.2, 0.25) is 5.02 Å². The van der Waals surface area contributed by atoms with E-state index >= 15 is 0 Å². The fraction of sp³-hybridized carbons (Fsp3) is 0.273. The van der Waals surface area contributed by atoms with Gasteiger partial charge < -0.3 is 16.3 Å². The lowest BCUT2D eigenvalue weighted by atomic mass is 9.91. The number of carbonyl (C=O) groups excluding carboxylic acids is 1. The molecule has 4 N–H and O–H groups in total. The van der Waals surface area contributed by atoms with Gasteiger partial charge in [0.15, 0.2) is 5.84 Å². The van der Waals surface area contributed by atoms with Crippen molar-refractivity contribution in [2.45, 2.75) is 13.8 Å². The summed E-state index contributed by atoms with van der Waals surface area (Å²) in [5.74, 6) is -1.33. The SMILES string of the molecule is CC(C)(C(=O)Nc1c(Cl)cc(F)cc1Br)C(N)=NO. The number of hydrogen-bond donors (Lipinski definition) is 3. The number of anilines is 1. The molecule has 0 atom stereocenters. The van der Waals surface area contributed by atoms with Gasteiger partial charge in [-0.2, -0.15) is 0 Å². The molecule has 1 aromatic carbocycles. The van der Waals surface area contributed by atoms with E-state index in [0.29, 0.717) is 4.47 Å². The van der Waals surface area contributed by atoms with Crippen LogP contribution in [-0.2, 0) is 4.79 Å². The van der Waals surface area contributed by atoms with Crippen molar-refractivity contribution < 1.29 is 14.4 Å². The van der Waals surface area contributed by atoms with Crippen LogP contribution in [0.4, 0.5) is 10.1 Å². The quantitative estimate of drug-likeness (QED) is 0.338. The highest BCUT2D eigenvalue weighted by molar-refractivity contribution is 9.10. The summed E-state index contributed by atoms with van der Waals surface area (Å²) in [5, 5.41) is 14.0. The molecule has 104 valence electrons. The van der Waals surface area contributed by atoms with Gasteiger partial charge in [0.1, 0.15) is 11.2 Å². The molecular formula is C11H12BrClFN3O2. The Morgan fingerprint density at radius 3 is 2.63 bits per heavy atom. The molecule has 1 amide bonds. The van der Waals surface area contributed by atoms with Gasteiger partial charge in [-0.25, -0.2) is 4.39 Å². The normalized spacial score (nSPS) is 12.4. The standard InChI is InChI=1S/C11H12BrClFN3O2/c1-11(2,9(15)17-19)10(18)16-8-6(12)3-5(14)4-7(8)13/h3-4,19H,1-2H3,(H2,15,17)(H,16,18). The molecule has 0 fully saturated rings. The summed E-state index contributed by atoms with van der Waals surface area (Å²) in [6.45, 7) is 2.95. The number of benzene rings is 1. The van der Waals surface area contributed by atoms with Gasteiger partial charge in [-0.15, -0.1) is 0 Å². The largest absolute Gasteiger partial charge is 0.409 e. The zero-order valence-corrected chi connectivity index (χ0v) is 12.5. The monoisotopic (exact) mass is 351 g/mol. The van der Waals surface area contributed by atoms with Gasteiger partial charge in [0.05, 0.1) is 10.7 Å². The van der Waals surface area contributed by atoms with E-state index < -0.39 is 17.1 Å². The molecule has 0 heterocycles. The maximum absolute atomic E-state index is 13.1. The first-order valence-electron chi connectivity index (χ1n) is 5.14. The van der Waals surface area contributed by atoms with Crippen LogP contribution in [0.1, 0.15) is 13.8 Å². The van der Waals surface area contributed by atoms with Gasteiger partial charge in [0, 0.05) is 4.47 Å². The van der Waals surface area contributed by atoms with Crippen molar-refractivity contribution in [3.05, 3.63) is 27.4 Å². The zero-order valence-electron chi connectivity index (χ0n) is 10.2. The Labute approximate surface area is 122 Å². The van der Waals surface area contributed by atoms with E-state index in [0.717, 1.165) is 12.1 Å². The summed E-state index contributed by atoms with van der Waals surface area (Å²) in [4.78, 5) is 12.1. The van der Waals surface area contributed by atoms with Crippen molar-refractivity contribution in [1.29, 1.82) is 0 Å². The number of nitrogens with zero attached hydrogens (tertiary/aromatic N) is 1. The first-order chi connectivity index (χ1) is 8.70. The minimum absolute atomic E-state index is 0.0375. The van der Waals surface area contributed by atoms with Crippen LogP contribution >= 0.6 is 27.5 Å². The minimum Gasteiger partial charge on any atom is -0.409 e. The van der Waals surface area contributed by atoms with E-state index in [-0.39, 0.29) is 16.5 Å². The van der Waals surface area contributed by atoms with Crippen LogP contribution in [0.3, 0.4) is 0 Å². The molecule has 0 saturated carbocycles. The number of nitrogens with two attached hydrogens (primary N) is 1. The Morgan fingerprint density at radius 1 is 1.58 bits per heavy atom. The van der Waals surface area contributed by atoms with Crippen molar-refractivity contribution >= 4 is 45.0 Å². The molecule has 19 heavy (non-hydrogen) atoms. The number of rotatable bonds is 3. The number of nitrogens with one attached hydrogen (secondary N) is 1. The number of carbonyl (C=O) groups is 1. The number of hydrogen-bond acceptors (Lipinski definition) is 3. The fourth-order valence-corrected chi connectivity index (χ4v) is 2.07. The van der Waals surface area contributed by atoms with Crippen molar-refractivity contribution in [3.8, 4) is 0 Å². The van der Waals surface area contributed by atoms with Crippen molar-refractivity contribution in [1.82, 2.24) is 0 Å². The van der Waals surface area contributed by atoms with E-state index in [2.05, 4.69) is 26.4 Å². The summed E-state index contributed by atoms with van der Waals surface area (Å²) in [6.07, 6.45) is 0. The van der Waals surface area contributed by atoms with Crippen LogP contribution in [-0.4, -0.2) is 17.0 Å². The van der Waals surface area contributed by atoms with Crippen molar-refractivity contribution in [2.75, 3.05) is 5.32 Å². The van der Waals surface area contributed by atoms with E-state index in [1.54, 1.807) is 0 Å². The number of halogens is 3. The Morgan fingerprint density at radius 2 is 2.16 bits per heavy atom. The Bertz CT molecular complexity index is 526. The third kappa shape index (κ3) is 3.36. The molecule has 0 aliphatic rings. The molecule has 0 bridgehead atoms. The lowest BCUT2D eigenvalue weighted by molar-refractivity contribution is -0.121. The maximum Gasteiger partial charge on any atom is 0.237 e. The Balaban J connectivity index is 3.08. The summed E-state index contributed by atoms with van der Waals surface area (Å²) in [6, 6.07) is 2.23. The van der Waals surface area contributed by atoms with Gasteiger partial charge >= 0.3 is 0 Å². The van der Waals surface area contributed by atoms with Crippen LogP contribution < -0.4 is 11.1 Å². The highest BCUT2D eigenvalue weighted by Gasteiger charge is 2.33. The molecule has 1 aromatic rings.